The Kier molecular flexibility index (Phi) is 4.70. The quantitative estimate of drug-likeness (QED) is 0.702. The predicted octanol–water partition coefficient (Wildman–Crippen LogP) is 4.12. The van der Waals surface area contributed by atoms with Crippen LogP contribution in [0.5, 0.6) is 5.75 Å². The maximum atomic E-state index is 5.74. The van der Waals surface area contributed by atoms with Crippen molar-refractivity contribution >= 4 is 0 Å². The number of imidazole rings is 1. The van der Waals surface area contributed by atoms with Gasteiger partial charge in [0, 0.05) is 41.2 Å². The molecule has 0 spiro atoms. The van der Waals surface area contributed by atoms with Crippen LogP contribution in [-0.2, 0) is 17.7 Å². The van der Waals surface area contributed by atoms with E-state index in [2.05, 4.69) is 46.8 Å². The smallest absolute Gasteiger partial charge is 0.141 e. The molecule has 3 heterocycles. The molecule has 0 N–H and O–H groups in total. The van der Waals surface area contributed by atoms with E-state index in [0.29, 0.717) is 6.61 Å². The Morgan fingerprint density at radius 2 is 1.74 bits per heavy atom. The van der Waals surface area contributed by atoms with E-state index >= 15 is 0 Å². The van der Waals surface area contributed by atoms with Gasteiger partial charge in [0.25, 0.3) is 0 Å². The number of ether oxygens (including phenoxy) is 2. The van der Waals surface area contributed by atoms with E-state index in [-0.39, 0.29) is 0 Å². The van der Waals surface area contributed by atoms with Crippen molar-refractivity contribution in [2.45, 2.75) is 33.7 Å². The van der Waals surface area contributed by atoms with Crippen molar-refractivity contribution in [1.29, 1.82) is 0 Å². The molecule has 5 heteroatoms. The Hall–Kier alpha value is -2.66. The van der Waals surface area contributed by atoms with Crippen molar-refractivity contribution in [3.05, 3.63) is 53.0 Å². The van der Waals surface area contributed by atoms with Gasteiger partial charge in [-0.25, -0.2) is 4.98 Å². The van der Waals surface area contributed by atoms with Crippen LogP contribution in [0.15, 0.2) is 30.3 Å². The summed E-state index contributed by atoms with van der Waals surface area (Å²) in [5.74, 6) is 1.85. The van der Waals surface area contributed by atoms with E-state index in [1.54, 1.807) is 7.11 Å². The molecule has 0 saturated carbocycles. The monoisotopic (exact) mass is 363 g/mol. The summed E-state index contributed by atoms with van der Waals surface area (Å²) < 4.78 is 13.6. The summed E-state index contributed by atoms with van der Waals surface area (Å²) in [7, 11) is 1.71. The SMILES string of the molecule is COc1cc(-c2nc(-c3cc(C)nc(C)c3)c3n2CCOCC3)ccc1C. The predicted molar refractivity (Wildman–Crippen MR) is 106 cm³/mol. The zero-order valence-electron chi connectivity index (χ0n) is 16.4. The molecule has 5 nitrogen and oxygen atoms in total. The highest BCUT2D eigenvalue weighted by atomic mass is 16.5. The second-order valence-electron chi connectivity index (χ2n) is 7.07. The lowest BCUT2D eigenvalue weighted by molar-refractivity contribution is 0.140. The molecular formula is C22H25N3O2. The van der Waals surface area contributed by atoms with E-state index < -0.39 is 0 Å². The van der Waals surface area contributed by atoms with Crippen LogP contribution in [0.3, 0.4) is 0 Å². The summed E-state index contributed by atoms with van der Waals surface area (Å²) >= 11 is 0. The number of fused-ring (bicyclic) bond motifs is 1. The zero-order chi connectivity index (χ0) is 19.0. The molecule has 2 aromatic heterocycles. The lowest BCUT2D eigenvalue weighted by atomic mass is 10.1. The fraction of sp³-hybridized carbons (Fsp3) is 0.364. The Morgan fingerprint density at radius 3 is 2.48 bits per heavy atom. The van der Waals surface area contributed by atoms with Gasteiger partial charge in [0.1, 0.15) is 11.6 Å². The third-order valence-corrected chi connectivity index (χ3v) is 5.04. The molecule has 0 fully saturated rings. The first-order valence-electron chi connectivity index (χ1n) is 9.34. The second-order valence-corrected chi connectivity index (χ2v) is 7.07. The van der Waals surface area contributed by atoms with E-state index in [0.717, 1.165) is 64.9 Å². The summed E-state index contributed by atoms with van der Waals surface area (Å²) in [6.07, 6.45) is 0.853. The maximum Gasteiger partial charge on any atom is 0.141 e. The lowest BCUT2D eigenvalue weighted by Gasteiger charge is -2.10. The van der Waals surface area contributed by atoms with Gasteiger partial charge in [-0.3, -0.25) is 4.98 Å². The van der Waals surface area contributed by atoms with Crippen LogP contribution in [0.25, 0.3) is 22.6 Å². The number of benzene rings is 1. The molecule has 3 aromatic rings. The highest BCUT2D eigenvalue weighted by molar-refractivity contribution is 5.70. The minimum Gasteiger partial charge on any atom is -0.496 e. The number of hydrogen-bond acceptors (Lipinski definition) is 4. The van der Waals surface area contributed by atoms with Gasteiger partial charge in [0.05, 0.1) is 26.0 Å². The highest BCUT2D eigenvalue weighted by Crippen LogP contribution is 2.33. The minimum atomic E-state index is 0.702. The molecule has 1 aliphatic heterocycles. The molecule has 0 aliphatic carbocycles. The average Bonchev–Trinajstić information content (AvgIpc) is 2.83. The van der Waals surface area contributed by atoms with Crippen molar-refractivity contribution in [3.8, 4) is 28.4 Å². The zero-order valence-corrected chi connectivity index (χ0v) is 16.4. The van der Waals surface area contributed by atoms with Crippen LogP contribution >= 0.6 is 0 Å². The first-order chi connectivity index (χ1) is 13.1. The van der Waals surface area contributed by atoms with Gasteiger partial charge in [0.2, 0.25) is 0 Å². The van der Waals surface area contributed by atoms with Gasteiger partial charge in [-0.1, -0.05) is 12.1 Å². The Labute approximate surface area is 160 Å². The molecule has 0 unspecified atom stereocenters. The molecule has 0 amide bonds. The van der Waals surface area contributed by atoms with E-state index in [9.17, 15) is 0 Å². The van der Waals surface area contributed by atoms with Gasteiger partial charge in [-0.05, 0) is 44.5 Å². The van der Waals surface area contributed by atoms with Crippen LogP contribution < -0.4 is 4.74 Å². The Morgan fingerprint density at radius 1 is 0.963 bits per heavy atom. The fourth-order valence-electron chi connectivity index (χ4n) is 3.79. The largest absolute Gasteiger partial charge is 0.496 e. The number of methoxy groups -OCH3 is 1. The number of rotatable bonds is 3. The average molecular weight is 363 g/mol. The van der Waals surface area contributed by atoms with E-state index in [1.807, 2.05) is 13.8 Å². The molecular weight excluding hydrogens is 338 g/mol. The number of hydrogen-bond donors (Lipinski definition) is 0. The summed E-state index contributed by atoms with van der Waals surface area (Å²) in [4.78, 5) is 9.60. The van der Waals surface area contributed by atoms with E-state index in [1.165, 1.54) is 5.69 Å². The molecule has 4 rings (SSSR count). The minimum absolute atomic E-state index is 0.702. The van der Waals surface area contributed by atoms with Crippen molar-refractivity contribution in [2.24, 2.45) is 0 Å². The number of pyridine rings is 1. The number of nitrogens with zero attached hydrogens (tertiary/aromatic N) is 3. The second kappa shape index (κ2) is 7.16. The van der Waals surface area contributed by atoms with Crippen LogP contribution in [0.2, 0.25) is 0 Å². The van der Waals surface area contributed by atoms with E-state index in [4.69, 9.17) is 14.5 Å². The van der Waals surface area contributed by atoms with Crippen LogP contribution in [0.1, 0.15) is 22.6 Å². The van der Waals surface area contributed by atoms with Crippen LogP contribution in [0, 0.1) is 20.8 Å². The van der Waals surface area contributed by atoms with Crippen molar-refractivity contribution in [2.75, 3.05) is 20.3 Å². The van der Waals surface area contributed by atoms with Gasteiger partial charge in [-0.15, -0.1) is 0 Å². The molecule has 1 aliphatic rings. The van der Waals surface area contributed by atoms with Crippen LogP contribution in [0.4, 0.5) is 0 Å². The highest BCUT2D eigenvalue weighted by Gasteiger charge is 2.22. The summed E-state index contributed by atoms with van der Waals surface area (Å²) in [5.41, 5.74) is 7.58. The van der Waals surface area contributed by atoms with Crippen molar-refractivity contribution < 1.29 is 9.47 Å². The molecule has 140 valence electrons. The maximum absolute atomic E-state index is 5.74. The molecule has 27 heavy (non-hydrogen) atoms. The molecule has 1 aromatic carbocycles. The number of aryl methyl sites for hydroxylation is 3. The Balaban J connectivity index is 1.92. The van der Waals surface area contributed by atoms with Gasteiger partial charge < -0.3 is 14.0 Å². The third-order valence-electron chi connectivity index (χ3n) is 5.04. The normalized spacial score (nSPS) is 13.9. The molecule has 0 bridgehead atoms. The first kappa shape index (κ1) is 17.7. The van der Waals surface area contributed by atoms with Crippen LogP contribution in [-0.4, -0.2) is 34.9 Å². The summed E-state index contributed by atoms with van der Waals surface area (Å²) in [6.45, 7) is 8.33. The number of aromatic nitrogens is 3. The first-order valence-corrected chi connectivity index (χ1v) is 9.34. The van der Waals surface area contributed by atoms with Crippen molar-refractivity contribution in [3.63, 3.8) is 0 Å². The van der Waals surface area contributed by atoms with Crippen molar-refractivity contribution in [1.82, 2.24) is 14.5 Å². The topological polar surface area (TPSA) is 49.2 Å². The lowest BCUT2D eigenvalue weighted by Crippen LogP contribution is -2.06. The van der Waals surface area contributed by atoms with Gasteiger partial charge in [-0.2, -0.15) is 0 Å². The summed E-state index contributed by atoms with van der Waals surface area (Å²) in [6, 6.07) is 10.5. The summed E-state index contributed by atoms with van der Waals surface area (Å²) in [5, 5.41) is 0. The molecule has 0 atom stereocenters. The fourth-order valence-corrected chi connectivity index (χ4v) is 3.79. The van der Waals surface area contributed by atoms with Gasteiger partial charge in [0.15, 0.2) is 0 Å². The van der Waals surface area contributed by atoms with Gasteiger partial charge >= 0.3 is 0 Å². The Bertz CT molecular complexity index is 971. The molecule has 0 saturated heterocycles. The molecule has 0 radical (unpaired) electrons. The third kappa shape index (κ3) is 3.35. The standard InChI is InChI=1S/C22H25N3O2/c1-14-5-6-17(13-20(14)26-4)22-24-21(18-11-15(2)23-16(3)12-18)19-7-9-27-10-8-25(19)22/h5-6,11-13H,7-10H2,1-4H3.